The summed E-state index contributed by atoms with van der Waals surface area (Å²) < 4.78 is 6.43. The van der Waals surface area contributed by atoms with E-state index in [0.29, 0.717) is 11.6 Å². The number of hydrogen-bond acceptors (Lipinski definition) is 4. The summed E-state index contributed by atoms with van der Waals surface area (Å²) in [6.45, 7) is 2.16. The van der Waals surface area contributed by atoms with Crippen molar-refractivity contribution in [1.29, 1.82) is 0 Å². The topological polar surface area (TPSA) is 59.8 Å². The molecule has 3 aromatic rings. The number of aryl methyl sites for hydroxylation is 1. The van der Waals surface area contributed by atoms with Crippen molar-refractivity contribution in [2.24, 2.45) is 7.05 Å². The molecule has 118 valence electrons. The molecular formula is C17H18N4OS. The maximum atomic E-state index is 12.3. The van der Waals surface area contributed by atoms with Gasteiger partial charge in [0, 0.05) is 41.1 Å². The average molecular weight is 326 g/mol. The Morgan fingerprint density at radius 2 is 2.17 bits per heavy atom. The van der Waals surface area contributed by atoms with E-state index in [0.717, 1.165) is 35.1 Å². The lowest BCUT2D eigenvalue weighted by molar-refractivity contribution is -0.115. The monoisotopic (exact) mass is 326 g/mol. The molecule has 1 aromatic carbocycles. The molecule has 0 atom stereocenters. The van der Waals surface area contributed by atoms with Crippen LogP contribution in [0.3, 0.4) is 0 Å². The fourth-order valence-corrected chi connectivity index (χ4v) is 3.55. The molecule has 0 spiro atoms. The molecule has 0 bridgehead atoms. The summed E-state index contributed by atoms with van der Waals surface area (Å²) in [5.41, 5.74) is 2.30. The molecule has 1 fully saturated rings. The summed E-state index contributed by atoms with van der Waals surface area (Å²) in [6.07, 6.45) is 4.62. The van der Waals surface area contributed by atoms with E-state index in [1.165, 1.54) is 11.5 Å². The predicted molar refractivity (Wildman–Crippen MR) is 91.7 cm³/mol. The largest absolute Gasteiger partial charge is 0.350 e. The highest BCUT2D eigenvalue weighted by molar-refractivity contribution is 7.09. The van der Waals surface area contributed by atoms with Gasteiger partial charge in [0.05, 0.1) is 6.42 Å². The molecular weight excluding hydrogens is 308 g/mol. The van der Waals surface area contributed by atoms with Gasteiger partial charge in [-0.15, -0.1) is 0 Å². The lowest BCUT2D eigenvalue weighted by atomic mass is 10.1. The van der Waals surface area contributed by atoms with Crippen molar-refractivity contribution >= 4 is 33.5 Å². The van der Waals surface area contributed by atoms with Gasteiger partial charge in [0.25, 0.3) is 0 Å². The zero-order valence-electron chi connectivity index (χ0n) is 13.2. The molecule has 2 aromatic heterocycles. The molecule has 1 N–H and O–H groups in total. The van der Waals surface area contributed by atoms with E-state index in [1.807, 2.05) is 25.4 Å². The molecule has 1 saturated carbocycles. The summed E-state index contributed by atoms with van der Waals surface area (Å²) >= 11 is 1.27. The molecule has 23 heavy (non-hydrogen) atoms. The Bertz CT molecular complexity index is 891. The Morgan fingerprint density at radius 3 is 2.96 bits per heavy atom. The summed E-state index contributed by atoms with van der Waals surface area (Å²) in [6, 6.07) is 8.11. The lowest BCUT2D eigenvalue weighted by Crippen LogP contribution is -2.14. The van der Waals surface area contributed by atoms with Gasteiger partial charge < -0.3 is 9.88 Å². The number of nitrogens with zero attached hydrogens (tertiary/aromatic N) is 3. The maximum Gasteiger partial charge on any atom is 0.230 e. The number of hydrogen-bond donors (Lipinski definition) is 1. The molecule has 0 unspecified atom stereocenters. The van der Waals surface area contributed by atoms with Crippen LogP contribution in [0.5, 0.6) is 0 Å². The van der Waals surface area contributed by atoms with E-state index in [-0.39, 0.29) is 11.3 Å². The average Bonchev–Trinajstić information content (AvgIpc) is 2.98. The second-order valence-corrected chi connectivity index (χ2v) is 7.24. The van der Waals surface area contributed by atoms with Crippen molar-refractivity contribution in [3.8, 4) is 0 Å². The van der Waals surface area contributed by atoms with Gasteiger partial charge in [-0.3, -0.25) is 4.79 Å². The summed E-state index contributed by atoms with van der Waals surface area (Å²) in [7, 11) is 2.00. The third kappa shape index (κ3) is 2.63. The predicted octanol–water partition coefficient (Wildman–Crippen LogP) is 3.26. The molecule has 2 heterocycles. The van der Waals surface area contributed by atoms with Crippen LogP contribution in [0.4, 0.5) is 5.13 Å². The van der Waals surface area contributed by atoms with Crippen LogP contribution in [-0.2, 0) is 23.7 Å². The Morgan fingerprint density at radius 1 is 1.39 bits per heavy atom. The van der Waals surface area contributed by atoms with Gasteiger partial charge in [-0.05, 0) is 24.5 Å². The van der Waals surface area contributed by atoms with Crippen LogP contribution in [0.25, 0.3) is 10.9 Å². The fourth-order valence-electron chi connectivity index (χ4n) is 2.83. The van der Waals surface area contributed by atoms with Crippen molar-refractivity contribution in [1.82, 2.24) is 13.9 Å². The summed E-state index contributed by atoms with van der Waals surface area (Å²) in [5, 5.41) is 4.60. The SMILES string of the molecule is Cn1cc(CC(=O)Nc2nc(C3(C)CC3)ns2)c2ccccc21. The van der Waals surface area contributed by atoms with Crippen LogP contribution >= 0.6 is 11.5 Å². The van der Waals surface area contributed by atoms with Crippen LogP contribution in [0.15, 0.2) is 30.5 Å². The lowest BCUT2D eigenvalue weighted by Gasteiger charge is -2.01. The number of aromatic nitrogens is 3. The first-order valence-electron chi connectivity index (χ1n) is 7.72. The van der Waals surface area contributed by atoms with Crippen LogP contribution in [0.2, 0.25) is 0 Å². The first-order chi connectivity index (χ1) is 11.0. The van der Waals surface area contributed by atoms with Gasteiger partial charge in [0.1, 0.15) is 0 Å². The van der Waals surface area contributed by atoms with E-state index >= 15 is 0 Å². The van der Waals surface area contributed by atoms with E-state index < -0.39 is 0 Å². The van der Waals surface area contributed by atoms with Crippen LogP contribution < -0.4 is 5.32 Å². The number of benzene rings is 1. The minimum absolute atomic E-state index is 0.0509. The zero-order chi connectivity index (χ0) is 16.0. The van der Waals surface area contributed by atoms with Gasteiger partial charge in [-0.1, -0.05) is 25.1 Å². The van der Waals surface area contributed by atoms with E-state index in [1.54, 1.807) is 0 Å². The first-order valence-corrected chi connectivity index (χ1v) is 8.49. The maximum absolute atomic E-state index is 12.3. The van der Waals surface area contributed by atoms with Crippen molar-refractivity contribution in [2.75, 3.05) is 5.32 Å². The third-order valence-electron chi connectivity index (χ3n) is 4.54. The number of carbonyl (C=O) groups is 1. The van der Waals surface area contributed by atoms with Gasteiger partial charge in [0.15, 0.2) is 5.82 Å². The summed E-state index contributed by atoms with van der Waals surface area (Å²) in [4.78, 5) is 16.8. The highest BCUT2D eigenvalue weighted by atomic mass is 32.1. The number of carbonyl (C=O) groups excluding carboxylic acids is 1. The standard InChI is InChI=1S/C17H18N4OS/c1-17(7-8-17)15-19-16(23-20-15)18-14(22)9-11-10-21(2)13-6-4-3-5-12(11)13/h3-6,10H,7-9H2,1-2H3,(H,18,19,20,22). The smallest absolute Gasteiger partial charge is 0.230 e. The highest BCUT2D eigenvalue weighted by Gasteiger charge is 2.42. The van der Waals surface area contributed by atoms with Crippen molar-refractivity contribution in [2.45, 2.75) is 31.6 Å². The Balaban J connectivity index is 1.50. The van der Waals surface area contributed by atoms with E-state index in [4.69, 9.17) is 0 Å². The molecule has 0 radical (unpaired) electrons. The number of rotatable bonds is 4. The molecule has 6 heteroatoms. The highest BCUT2D eigenvalue weighted by Crippen LogP contribution is 2.46. The second kappa shape index (κ2) is 5.16. The molecule has 4 rings (SSSR count). The zero-order valence-corrected chi connectivity index (χ0v) is 14.0. The van der Waals surface area contributed by atoms with Gasteiger partial charge in [0.2, 0.25) is 11.0 Å². The first kappa shape index (κ1) is 14.4. The molecule has 5 nitrogen and oxygen atoms in total. The minimum Gasteiger partial charge on any atom is -0.350 e. The van der Waals surface area contributed by atoms with Gasteiger partial charge in [-0.25, -0.2) is 4.98 Å². The molecule has 1 aliphatic rings. The van der Waals surface area contributed by atoms with Crippen molar-refractivity contribution < 1.29 is 4.79 Å². The van der Waals surface area contributed by atoms with Crippen LogP contribution in [-0.4, -0.2) is 19.8 Å². The fraction of sp³-hybridized carbons (Fsp3) is 0.353. The number of anilines is 1. The number of fused-ring (bicyclic) bond motifs is 1. The minimum atomic E-state index is -0.0509. The summed E-state index contributed by atoms with van der Waals surface area (Å²) in [5.74, 6) is 0.813. The Labute approximate surface area is 138 Å². The molecule has 1 aliphatic carbocycles. The Hall–Kier alpha value is -2.21. The number of nitrogens with one attached hydrogen (secondary N) is 1. The normalized spacial score (nSPS) is 15.7. The second-order valence-electron chi connectivity index (χ2n) is 6.49. The van der Waals surface area contributed by atoms with E-state index in [9.17, 15) is 4.79 Å². The van der Waals surface area contributed by atoms with Crippen LogP contribution in [0.1, 0.15) is 31.2 Å². The van der Waals surface area contributed by atoms with Crippen LogP contribution in [0, 0.1) is 0 Å². The van der Waals surface area contributed by atoms with Gasteiger partial charge in [-0.2, -0.15) is 4.37 Å². The molecule has 0 aliphatic heterocycles. The van der Waals surface area contributed by atoms with Gasteiger partial charge >= 0.3 is 0 Å². The Kier molecular flexibility index (Phi) is 3.23. The quantitative estimate of drug-likeness (QED) is 0.800. The van der Waals surface area contributed by atoms with Crippen molar-refractivity contribution in [3.05, 3.63) is 41.9 Å². The molecule has 0 saturated heterocycles. The number of para-hydroxylation sites is 1. The number of amides is 1. The molecule has 1 amide bonds. The third-order valence-corrected chi connectivity index (χ3v) is 5.17. The van der Waals surface area contributed by atoms with E-state index in [2.05, 4.69) is 38.3 Å². The van der Waals surface area contributed by atoms with Crippen molar-refractivity contribution in [3.63, 3.8) is 0 Å².